The van der Waals surface area contributed by atoms with Gasteiger partial charge in [0, 0.05) is 17.6 Å². The molecule has 0 spiro atoms. The molecule has 160 valence electrons. The lowest BCUT2D eigenvalue weighted by Crippen LogP contribution is -2.45. The molecule has 0 aliphatic carbocycles. The first-order valence-corrected chi connectivity index (χ1v) is 11.0. The minimum absolute atomic E-state index is 0.0895. The summed E-state index contributed by atoms with van der Waals surface area (Å²) in [7, 11) is 0. The van der Waals surface area contributed by atoms with Gasteiger partial charge < -0.3 is 5.32 Å². The third-order valence-electron chi connectivity index (χ3n) is 5.93. The third kappa shape index (κ3) is 3.03. The van der Waals surface area contributed by atoms with E-state index in [0.29, 0.717) is 21.8 Å². The average Bonchev–Trinajstić information content (AvgIpc) is 3.36. The highest BCUT2D eigenvalue weighted by molar-refractivity contribution is 7.15. The molecule has 8 heteroatoms. The zero-order valence-electron chi connectivity index (χ0n) is 17.5. The van der Waals surface area contributed by atoms with Crippen molar-refractivity contribution in [2.75, 3.05) is 0 Å². The van der Waals surface area contributed by atoms with Gasteiger partial charge in [-0.3, -0.25) is 18.9 Å². The molecule has 1 atom stereocenters. The van der Waals surface area contributed by atoms with Crippen molar-refractivity contribution < 1.29 is 9.59 Å². The van der Waals surface area contributed by atoms with Gasteiger partial charge in [0.25, 0.3) is 11.5 Å². The van der Waals surface area contributed by atoms with E-state index in [1.54, 1.807) is 11.6 Å². The Bertz CT molecular complexity index is 1430. The van der Waals surface area contributed by atoms with Gasteiger partial charge in [0.2, 0.25) is 0 Å². The number of imide groups is 1. The van der Waals surface area contributed by atoms with Gasteiger partial charge in [0.05, 0.1) is 12.2 Å². The lowest BCUT2D eigenvalue weighted by Gasteiger charge is -2.28. The Kier molecular flexibility index (Phi) is 4.67. The van der Waals surface area contributed by atoms with E-state index in [9.17, 15) is 14.4 Å². The predicted molar refractivity (Wildman–Crippen MR) is 122 cm³/mol. The number of rotatable bonds is 4. The molecule has 1 aliphatic rings. The van der Waals surface area contributed by atoms with E-state index in [0.717, 1.165) is 16.0 Å². The van der Waals surface area contributed by atoms with Crippen LogP contribution in [0.5, 0.6) is 0 Å². The molecule has 4 aromatic rings. The molecule has 7 nitrogen and oxygen atoms in total. The molecule has 0 radical (unpaired) electrons. The first kappa shape index (κ1) is 20.1. The quantitative estimate of drug-likeness (QED) is 0.489. The summed E-state index contributed by atoms with van der Waals surface area (Å²) in [6, 6.07) is 15.8. The minimum Gasteiger partial charge on any atom is -0.315 e. The van der Waals surface area contributed by atoms with Crippen LogP contribution in [0.25, 0.3) is 4.96 Å². The van der Waals surface area contributed by atoms with Crippen molar-refractivity contribution in [3.8, 4) is 0 Å². The van der Waals surface area contributed by atoms with E-state index in [1.165, 1.54) is 21.8 Å². The van der Waals surface area contributed by atoms with Crippen LogP contribution in [0.1, 0.15) is 27.9 Å². The normalized spacial score (nSPS) is 18.4. The lowest BCUT2D eigenvalue weighted by molar-refractivity contribution is -0.130. The van der Waals surface area contributed by atoms with Crippen molar-refractivity contribution in [3.05, 3.63) is 104 Å². The molecule has 2 aromatic carbocycles. The maximum absolute atomic E-state index is 13.9. The lowest BCUT2D eigenvalue weighted by atomic mass is 9.81. The van der Waals surface area contributed by atoms with Gasteiger partial charge in [-0.15, -0.1) is 11.3 Å². The van der Waals surface area contributed by atoms with Crippen LogP contribution in [0.2, 0.25) is 0 Å². The van der Waals surface area contributed by atoms with E-state index in [1.807, 2.05) is 62.4 Å². The van der Waals surface area contributed by atoms with E-state index >= 15 is 0 Å². The highest BCUT2D eigenvalue weighted by atomic mass is 32.1. The van der Waals surface area contributed by atoms with E-state index in [2.05, 4.69) is 10.3 Å². The summed E-state index contributed by atoms with van der Waals surface area (Å²) in [4.78, 5) is 45.4. The molecule has 1 fully saturated rings. The van der Waals surface area contributed by atoms with Crippen molar-refractivity contribution in [1.82, 2.24) is 19.6 Å². The second kappa shape index (κ2) is 7.42. The molecule has 1 aliphatic heterocycles. The summed E-state index contributed by atoms with van der Waals surface area (Å²) in [5, 5.41) is 4.71. The maximum Gasteiger partial charge on any atom is 0.325 e. The number of hydrogen-bond donors (Lipinski definition) is 1. The fraction of sp³-hybridized carbons (Fsp3) is 0.167. The number of aryl methyl sites for hydroxylation is 2. The molecule has 0 saturated carbocycles. The van der Waals surface area contributed by atoms with Crippen molar-refractivity contribution in [1.29, 1.82) is 0 Å². The van der Waals surface area contributed by atoms with Crippen molar-refractivity contribution in [2.24, 2.45) is 0 Å². The molecule has 5 rings (SSSR count). The highest BCUT2D eigenvalue weighted by Gasteiger charge is 2.53. The van der Waals surface area contributed by atoms with Crippen LogP contribution in [0.15, 0.2) is 71.0 Å². The Morgan fingerprint density at radius 3 is 2.50 bits per heavy atom. The number of hydrogen-bond acceptors (Lipinski definition) is 5. The van der Waals surface area contributed by atoms with Gasteiger partial charge in [-0.05, 0) is 36.1 Å². The first-order chi connectivity index (χ1) is 15.4. The number of carbonyl (C=O) groups excluding carboxylic acids is 2. The third-order valence-corrected chi connectivity index (χ3v) is 6.69. The Labute approximate surface area is 188 Å². The van der Waals surface area contributed by atoms with Crippen LogP contribution in [-0.2, 0) is 16.9 Å². The zero-order valence-corrected chi connectivity index (χ0v) is 18.3. The summed E-state index contributed by atoms with van der Waals surface area (Å²) in [6.07, 6.45) is 1.65. The van der Waals surface area contributed by atoms with E-state index < -0.39 is 17.5 Å². The number of fused-ring (bicyclic) bond motifs is 1. The van der Waals surface area contributed by atoms with Crippen molar-refractivity contribution in [3.63, 3.8) is 0 Å². The highest BCUT2D eigenvalue weighted by Crippen LogP contribution is 2.37. The number of aromatic nitrogens is 2. The Balaban J connectivity index is 1.61. The molecule has 3 amide bonds. The minimum atomic E-state index is -1.35. The summed E-state index contributed by atoms with van der Waals surface area (Å²) in [5.41, 5.74) is 2.25. The number of nitrogens with zero attached hydrogens (tertiary/aromatic N) is 3. The molecule has 2 aromatic heterocycles. The van der Waals surface area contributed by atoms with Crippen LogP contribution >= 0.6 is 11.3 Å². The van der Waals surface area contributed by atoms with Gasteiger partial charge in [0.1, 0.15) is 0 Å². The second-order valence-electron chi connectivity index (χ2n) is 7.88. The fourth-order valence-electron chi connectivity index (χ4n) is 4.07. The standard InChI is InChI=1S/C24H20N4O3S/c1-15-8-9-18(12-16(15)2)24(17-6-4-3-5-7-17)21(30)28(22(31)26-24)14-19-13-20(29)27-10-11-32-23(27)25-19/h3-13H,14H2,1-2H3,(H,26,31)/t24-/m1/s1. The van der Waals surface area contributed by atoms with Crippen LogP contribution < -0.4 is 10.9 Å². The second-order valence-corrected chi connectivity index (χ2v) is 8.75. The van der Waals surface area contributed by atoms with Crippen LogP contribution in [0, 0.1) is 13.8 Å². The molecule has 32 heavy (non-hydrogen) atoms. The number of benzene rings is 2. The van der Waals surface area contributed by atoms with Gasteiger partial charge >= 0.3 is 6.03 Å². The number of carbonyl (C=O) groups is 2. The largest absolute Gasteiger partial charge is 0.325 e. The van der Waals surface area contributed by atoms with Crippen LogP contribution in [0.4, 0.5) is 4.79 Å². The smallest absolute Gasteiger partial charge is 0.315 e. The summed E-state index contributed by atoms with van der Waals surface area (Å²) >= 11 is 1.32. The number of nitrogens with one attached hydrogen (secondary N) is 1. The van der Waals surface area contributed by atoms with Gasteiger partial charge in [-0.25, -0.2) is 9.78 Å². The van der Waals surface area contributed by atoms with E-state index in [-0.39, 0.29) is 12.1 Å². The average molecular weight is 445 g/mol. The molecular weight excluding hydrogens is 424 g/mol. The molecule has 3 heterocycles. The molecule has 0 bridgehead atoms. The number of amides is 3. The first-order valence-electron chi connectivity index (χ1n) is 10.1. The van der Waals surface area contributed by atoms with Gasteiger partial charge in [-0.2, -0.15) is 0 Å². The monoisotopic (exact) mass is 444 g/mol. The molecule has 1 saturated heterocycles. The Hall–Kier alpha value is -3.78. The van der Waals surface area contributed by atoms with Gasteiger partial charge in [-0.1, -0.05) is 48.5 Å². The zero-order chi connectivity index (χ0) is 22.5. The SMILES string of the molecule is Cc1ccc([C@@]2(c3ccccc3)NC(=O)N(Cc3cc(=O)n4ccsc4n3)C2=O)cc1C. The Morgan fingerprint density at radius 2 is 1.75 bits per heavy atom. The summed E-state index contributed by atoms with van der Waals surface area (Å²) in [6.45, 7) is 3.89. The van der Waals surface area contributed by atoms with Gasteiger partial charge in [0.15, 0.2) is 10.5 Å². The number of thiazole rings is 1. The van der Waals surface area contributed by atoms with E-state index in [4.69, 9.17) is 0 Å². The summed E-state index contributed by atoms with van der Waals surface area (Å²) in [5.74, 6) is -0.398. The molecule has 0 unspecified atom stereocenters. The Morgan fingerprint density at radius 1 is 0.969 bits per heavy atom. The maximum atomic E-state index is 13.9. The topological polar surface area (TPSA) is 83.8 Å². The van der Waals surface area contributed by atoms with Crippen molar-refractivity contribution >= 4 is 28.2 Å². The molecular formula is C24H20N4O3S. The number of urea groups is 1. The van der Waals surface area contributed by atoms with Crippen LogP contribution in [-0.4, -0.2) is 26.2 Å². The summed E-state index contributed by atoms with van der Waals surface area (Å²) < 4.78 is 1.43. The fourth-order valence-corrected chi connectivity index (χ4v) is 4.81. The van der Waals surface area contributed by atoms with Crippen LogP contribution in [0.3, 0.4) is 0 Å². The molecule has 1 N–H and O–H groups in total. The predicted octanol–water partition coefficient (Wildman–Crippen LogP) is 3.37. The van der Waals surface area contributed by atoms with Crippen molar-refractivity contribution in [2.45, 2.75) is 25.9 Å².